The lowest BCUT2D eigenvalue weighted by atomic mass is 10.0. The van der Waals surface area contributed by atoms with E-state index in [0.29, 0.717) is 5.70 Å². The lowest BCUT2D eigenvalue weighted by Crippen LogP contribution is -2.36. The van der Waals surface area contributed by atoms with Gasteiger partial charge in [0.25, 0.3) is 0 Å². The number of ether oxygens (including phenoxy) is 1. The zero-order valence-electron chi connectivity index (χ0n) is 10.6. The predicted molar refractivity (Wildman–Crippen MR) is 75.1 cm³/mol. The third-order valence-electron chi connectivity index (χ3n) is 3.54. The van der Waals surface area contributed by atoms with Gasteiger partial charge in [0.2, 0.25) is 0 Å². The Bertz CT molecular complexity index is 521. The molecule has 19 heavy (non-hydrogen) atoms. The fraction of sp³-hybridized carbons (Fsp3) is 0.357. The number of anilines is 2. The van der Waals surface area contributed by atoms with Crippen LogP contribution in [0.5, 0.6) is 0 Å². The van der Waals surface area contributed by atoms with E-state index in [9.17, 15) is 4.79 Å². The molecule has 1 aromatic rings. The van der Waals surface area contributed by atoms with E-state index in [2.05, 4.69) is 22.3 Å². The minimum atomic E-state index is -0.424. The summed E-state index contributed by atoms with van der Waals surface area (Å²) < 4.78 is 5.35. The summed E-state index contributed by atoms with van der Waals surface area (Å²) >= 11 is 0. The highest BCUT2D eigenvalue weighted by Crippen LogP contribution is 2.29. The van der Waals surface area contributed by atoms with Crippen LogP contribution < -0.4 is 16.0 Å². The maximum absolute atomic E-state index is 11.0. The minimum absolute atomic E-state index is 0.424. The van der Waals surface area contributed by atoms with E-state index in [0.717, 1.165) is 49.5 Å². The van der Waals surface area contributed by atoms with E-state index >= 15 is 0 Å². The molecule has 0 bridgehead atoms. The molecule has 0 radical (unpaired) electrons. The van der Waals surface area contributed by atoms with Gasteiger partial charge in [0.15, 0.2) is 0 Å². The number of morpholine rings is 1. The van der Waals surface area contributed by atoms with Crippen LogP contribution in [0.15, 0.2) is 23.9 Å². The third-order valence-corrected chi connectivity index (χ3v) is 3.54. The molecule has 1 aromatic carbocycles. The Kier molecular flexibility index (Phi) is 3.13. The molecule has 2 aliphatic rings. The average molecular weight is 259 g/mol. The number of carbonyl (C=O) groups is 1. The van der Waals surface area contributed by atoms with Crippen molar-refractivity contribution in [2.75, 3.05) is 36.5 Å². The topological polar surface area (TPSA) is 67.6 Å². The first kappa shape index (κ1) is 12.0. The van der Waals surface area contributed by atoms with Crippen molar-refractivity contribution >= 4 is 23.7 Å². The minimum Gasteiger partial charge on any atom is -0.400 e. The molecule has 2 heterocycles. The van der Waals surface area contributed by atoms with Crippen LogP contribution in [0.3, 0.4) is 0 Å². The second kappa shape index (κ2) is 4.93. The molecule has 0 aliphatic carbocycles. The number of benzene rings is 1. The van der Waals surface area contributed by atoms with Gasteiger partial charge in [-0.05, 0) is 23.8 Å². The van der Waals surface area contributed by atoms with Crippen LogP contribution in [-0.2, 0) is 9.53 Å². The van der Waals surface area contributed by atoms with Gasteiger partial charge < -0.3 is 25.5 Å². The van der Waals surface area contributed by atoms with Crippen LogP contribution >= 0.6 is 0 Å². The SMILES string of the molecule is NC1=Cc2ccc(N3CCOCC3)cc2NC1C=O. The lowest BCUT2D eigenvalue weighted by molar-refractivity contribution is -0.107. The molecule has 1 unspecified atom stereocenters. The smallest absolute Gasteiger partial charge is 0.148 e. The van der Waals surface area contributed by atoms with E-state index < -0.39 is 6.04 Å². The molecule has 0 amide bonds. The monoisotopic (exact) mass is 259 g/mol. The Balaban J connectivity index is 1.89. The Morgan fingerprint density at radius 2 is 2.16 bits per heavy atom. The molecule has 2 aliphatic heterocycles. The van der Waals surface area contributed by atoms with E-state index in [1.54, 1.807) is 0 Å². The summed E-state index contributed by atoms with van der Waals surface area (Å²) in [6.07, 6.45) is 2.68. The number of hydrogen-bond donors (Lipinski definition) is 2. The van der Waals surface area contributed by atoms with Crippen LogP contribution in [-0.4, -0.2) is 38.6 Å². The maximum Gasteiger partial charge on any atom is 0.148 e. The van der Waals surface area contributed by atoms with Gasteiger partial charge in [0.1, 0.15) is 12.3 Å². The molecule has 0 saturated carbocycles. The van der Waals surface area contributed by atoms with Crippen molar-refractivity contribution in [1.29, 1.82) is 0 Å². The van der Waals surface area contributed by atoms with E-state index in [1.165, 1.54) is 0 Å². The Hall–Kier alpha value is -2.01. The summed E-state index contributed by atoms with van der Waals surface area (Å²) in [5, 5.41) is 3.16. The van der Waals surface area contributed by atoms with Gasteiger partial charge in [-0.3, -0.25) is 0 Å². The first-order valence-electron chi connectivity index (χ1n) is 6.43. The van der Waals surface area contributed by atoms with E-state index in [4.69, 9.17) is 10.5 Å². The zero-order chi connectivity index (χ0) is 13.2. The summed E-state index contributed by atoms with van der Waals surface area (Å²) in [6.45, 7) is 3.31. The van der Waals surface area contributed by atoms with Gasteiger partial charge in [0, 0.05) is 30.2 Å². The highest BCUT2D eigenvalue weighted by molar-refractivity contribution is 5.83. The van der Waals surface area contributed by atoms with E-state index in [-0.39, 0.29) is 0 Å². The second-order valence-corrected chi connectivity index (χ2v) is 4.77. The number of rotatable bonds is 2. The van der Waals surface area contributed by atoms with Gasteiger partial charge in [-0.15, -0.1) is 0 Å². The highest BCUT2D eigenvalue weighted by atomic mass is 16.5. The molecular weight excluding hydrogens is 242 g/mol. The number of nitrogens with two attached hydrogens (primary N) is 1. The first-order valence-corrected chi connectivity index (χ1v) is 6.43. The summed E-state index contributed by atoms with van der Waals surface area (Å²) in [4.78, 5) is 13.2. The van der Waals surface area contributed by atoms with Crippen LogP contribution in [0.4, 0.5) is 11.4 Å². The standard InChI is InChI=1S/C14H17N3O2/c15-12-7-10-1-2-11(17-3-5-19-6-4-17)8-13(10)16-14(12)9-18/h1-2,7-9,14,16H,3-6,15H2. The molecule has 5 heteroatoms. The number of hydrogen-bond acceptors (Lipinski definition) is 5. The van der Waals surface area contributed by atoms with Crippen molar-refractivity contribution in [3.8, 4) is 0 Å². The fourth-order valence-corrected chi connectivity index (χ4v) is 2.45. The zero-order valence-corrected chi connectivity index (χ0v) is 10.6. The quantitative estimate of drug-likeness (QED) is 0.770. The normalized spacial score (nSPS) is 22.2. The number of nitrogens with one attached hydrogen (secondary N) is 1. The summed E-state index contributed by atoms with van der Waals surface area (Å²) in [5.41, 5.74) is 9.50. The maximum atomic E-state index is 11.0. The number of aldehydes is 1. The number of fused-ring (bicyclic) bond motifs is 1. The van der Waals surface area contributed by atoms with Crippen molar-refractivity contribution in [2.24, 2.45) is 5.73 Å². The van der Waals surface area contributed by atoms with Crippen LogP contribution in [0.1, 0.15) is 5.56 Å². The molecule has 3 rings (SSSR count). The van der Waals surface area contributed by atoms with Gasteiger partial charge in [-0.2, -0.15) is 0 Å². The molecule has 3 N–H and O–H groups in total. The Morgan fingerprint density at radius 3 is 2.89 bits per heavy atom. The van der Waals surface area contributed by atoms with Gasteiger partial charge in [-0.25, -0.2) is 0 Å². The molecule has 5 nitrogen and oxygen atoms in total. The largest absolute Gasteiger partial charge is 0.400 e. The van der Waals surface area contributed by atoms with Gasteiger partial charge in [-0.1, -0.05) is 6.07 Å². The third kappa shape index (κ3) is 2.29. The summed E-state index contributed by atoms with van der Waals surface area (Å²) in [6, 6.07) is 5.75. The molecule has 0 aromatic heterocycles. The predicted octanol–water partition coefficient (Wildman–Crippen LogP) is 0.816. The molecule has 1 fully saturated rings. The molecular formula is C14H17N3O2. The van der Waals surface area contributed by atoms with Crippen molar-refractivity contribution in [2.45, 2.75) is 6.04 Å². The molecule has 1 saturated heterocycles. The number of nitrogens with zero attached hydrogens (tertiary/aromatic N) is 1. The lowest BCUT2D eigenvalue weighted by Gasteiger charge is -2.30. The van der Waals surface area contributed by atoms with Gasteiger partial charge >= 0.3 is 0 Å². The highest BCUT2D eigenvalue weighted by Gasteiger charge is 2.19. The molecule has 100 valence electrons. The van der Waals surface area contributed by atoms with Crippen molar-refractivity contribution in [1.82, 2.24) is 0 Å². The first-order chi connectivity index (χ1) is 9.28. The van der Waals surface area contributed by atoms with Crippen molar-refractivity contribution in [3.05, 3.63) is 29.5 Å². The number of carbonyl (C=O) groups excluding carboxylic acids is 1. The summed E-state index contributed by atoms with van der Waals surface area (Å²) in [7, 11) is 0. The fourth-order valence-electron chi connectivity index (χ4n) is 2.45. The van der Waals surface area contributed by atoms with Gasteiger partial charge in [0.05, 0.1) is 13.2 Å². The average Bonchev–Trinajstić information content (AvgIpc) is 2.47. The second-order valence-electron chi connectivity index (χ2n) is 4.77. The Morgan fingerprint density at radius 1 is 1.37 bits per heavy atom. The van der Waals surface area contributed by atoms with Crippen molar-refractivity contribution < 1.29 is 9.53 Å². The summed E-state index contributed by atoms with van der Waals surface area (Å²) in [5.74, 6) is 0. The van der Waals surface area contributed by atoms with Crippen molar-refractivity contribution in [3.63, 3.8) is 0 Å². The van der Waals surface area contributed by atoms with Crippen LogP contribution in [0.2, 0.25) is 0 Å². The molecule has 1 atom stereocenters. The van der Waals surface area contributed by atoms with Crippen LogP contribution in [0, 0.1) is 0 Å². The van der Waals surface area contributed by atoms with E-state index in [1.807, 2.05) is 12.1 Å². The Labute approximate surface area is 112 Å². The molecule has 0 spiro atoms. The van der Waals surface area contributed by atoms with Crippen LogP contribution in [0.25, 0.3) is 6.08 Å².